The number of anilines is 1. The summed E-state index contributed by atoms with van der Waals surface area (Å²) in [5.74, 6) is 0. The molecular weight excluding hydrogens is 222 g/mol. The van der Waals surface area contributed by atoms with Crippen molar-refractivity contribution in [1.82, 2.24) is 10.2 Å². The van der Waals surface area contributed by atoms with E-state index in [4.69, 9.17) is 0 Å². The van der Waals surface area contributed by atoms with Gasteiger partial charge in [0, 0.05) is 38.9 Å². The van der Waals surface area contributed by atoms with Crippen molar-refractivity contribution >= 4 is 5.69 Å². The fourth-order valence-corrected chi connectivity index (χ4v) is 2.58. The van der Waals surface area contributed by atoms with Gasteiger partial charge in [-0.3, -0.25) is 4.90 Å². The lowest BCUT2D eigenvalue weighted by Gasteiger charge is -2.33. The first kappa shape index (κ1) is 13.4. The highest BCUT2D eigenvalue weighted by molar-refractivity contribution is 5.57. The number of nitrogens with zero attached hydrogens (tertiary/aromatic N) is 2. The van der Waals surface area contributed by atoms with Gasteiger partial charge in [-0.05, 0) is 43.5 Å². The molecule has 1 N–H and O–H groups in total. The summed E-state index contributed by atoms with van der Waals surface area (Å²) >= 11 is 0. The Morgan fingerprint density at radius 2 is 1.78 bits per heavy atom. The van der Waals surface area contributed by atoms with E-state index in [0.717, 1.165) is 32.8 Å². The van der Waals surface area contributed by atoms with E-state index in [9.17, 15) is 0 Å². The van der Waals surface area contributed by atoms with E-state index < -0.39 is 0 Å². The van der Waals surface area contributed by atoms with Crippen molar-refractivity contribution in [2.24, 2.45) is 0 Å². The first-order valence-electron chi connectivity index (χ1n) is 6.80. The van der Waals surface area contributed by atoms with E-state index in [2.05, 4.69) is 55.1 Å². The zero-order valence-electron chi connectivity index (χ0n) is 12.1. The Hall–Kier alpha value is -1.06. The van der Waals surface area contributed by atoms with Crippen LogP contribution in [0.2, 0.25) is 0 Å². The van der Waals surface area contributed by atoms with Crippen molar-refractivity contribution in [2.45, 2.75) is 20.8 Å². The van der Waals surface area contributed by atoms with Gasteiger partial charge in [-0.2, -0.15) is 0 Å². The summed E-state index contributed by atoms with van der Waals surface area (Å²) < 4.78 is 0. The maximum atomic E-state index is 3.40. The first-order chi connectivity index (χ1) is 8.59. The second-order valence-electron chi connectivity index (χ2n) is 5.36. The summed E-state index contributed by atoms with van der Waals surface area (Å²) in [6.45, 7) is 12.2. The summed E-state index contributed by atoms with van der Waals surface area (Å²) in [6, 6.07) is 4.48. The normalized spacial score (nSPS) is 16.9. The molecule has 1 aromatic carbocycles. The van der Waals surface area contributed by atoms with Crippen LogP contribution in [-0.2, 0) is 0 Å². The second kappa shape index (κ2) is 5.72. The molecule has 0 amide bonds. The number of rotatable bonds is 3. The van der Waals surface area contributed by atoms with Crippen molar-refractivity contribution in [1.29, 1.82) is 0 Å². The van der Waals surface area contributed by atoms with Gasteiger partial charge in [-0.1, -0.05) is 6.07 Å². The zero-order chi connectivity index (χ0) is 13.1. The SMILES string of the molecule is Cc1ccc(N(C)CN2CCNCC2)c(C)c1C. The summed E-state index contributed by atoms with van der Waals surface area (Å²) in [7, 11) is 2.19. The van der Waals surface area contributed by atoms with Gasteiger partial charge in [-0.25, -0.2) is 0 Å². The Balaban J connectivity index is 2.08. The Labute approximate surface area is 111 Å². The molecule has 0 aromatic heterocycles. The number of piperazine rings is 1. The van der Waals surface area contributed by atoms with Gasteiger partial charge in [0.2, 0.25) is 0 Å². The van der Waals surface area contributed by atoms with Gasteiger partial charge in [0.1, 0.15) is 0 Å². The third kappa shape index (κ3) is 2.85. The van der Waals surface area contributed by atoms with Gasteiger partial charge in [0.15, 0.2) is 0 Å². The Bertz CT molecular complexity index is 408. The van der Waals surface area contributed by atoms with Crippen LogP contribution in [0, 0.1) is 20.8 Å². The van der Waals surface area contributed by atoms with Crippen molar-refractivity contribution < 1.29 is 0 Å². The zero-order valence-corrected chi connectivity index (χ0v) is 12.1. The maximum Gasteiger partial charge on any atom is 0.0704 e. The second-order valence-corrected chi connectivity index (χ2v) is 5.36. The molecule has 2 rings (SSSR count). The third-order valence-corrected chi connectivity index (χ3v) is 4.06. The summed E-state index contributed by atoms with van der Waals surface area (Å²) in [4.78, 5) is 4.87. The van der Waals surface area contributed by atoms with Crippen LogP contribution in [0.15, 0.2) is 12.1 Å². The molecule has 100 valence electrons. The predicted octanol–water partition coefficient (Wildman–Crippen LogP) is 1.91. The van der Waals surface area contributed by atoms with Crippen LogP contribution in [0.5, 0.6) is 0 Å². The molecular formula is C15H25N3. The van der Waals surface area contributed by atoms with Crippen molar-refractivity contribution in [3.63, 3.8) is 0 Å². The van der Waals surface area contributed by atoms with E-state index >= 15 is 0 Å². The molecule has 1 aliphatic rings. The Kier molecular flexibility index (Phi) is 4.25. The lowest BCUT2D eigenvalue weighted by molar-refractivity contribution is 0.243. The number of nitrogens with one attached hydrogen (secondary N) is 1. The van der Waals surface area contributed by atoms with Crippen LogP contribution in [0.4, 0.5) is 5.69 Å². The molecule has 18 heavy (non-hydrogen) atoms. The quantitative estimate of drug-likeness (QED) is 0.880. The predicted molar refractivity (Wildman–Crippen MR) is 78.4 cm³/mol. The van der Waals surface area contributed by atoms with Crippen LogP contribution in [-0.4, -0.2) is 44.8 Å². The van der Waals surface area contributed by atoms with E-state index in [-0.39, 0.29) is 0 Å². The molecule has 1 saturated heterocycles. The Morgan fingerprint density at radius 1 is 1.11 bits per heavy atom. The summed E-state index contributed by atoms with van der Waals surface area (Å²) in [5, 5.41) is 3.40. The van der Waals surface area contributed by atoms with Crippen LogP contribution < -0.4 is 10.2 Å². The lowest BCUT2D eigenvalue weighted by atomic mass is 10.0. The molecule has 1 aliphatic heterocycles. The summed E-state index contributed by atoms with van der Waals surface area (Å²) in [6.07, 6.45) is 0. The molecule has 1 fully saturated rings. The van der Waals surface area contributed by atoms with E-state index in [0.29, 0.717) is 0 Å². The van der Waals surface area contributed by atoms with Crippen LogP contribution in [0.3, 0.4) is 0 Å². The maximum absolute atomic E-state index is 3.40. The van der Waals surface area contributed by atoms with Crippen molar-refractivity contribution in [3.05, 3.63) is 28.8 Å². The molecule has 0 radical (unpaired) electrons. The average Bonchev–Trinajstić information content (AvgIpc) is 2.37. The van der Waals surface area contributed by atoms with Crippen molar-refractivity contribution in [3.8, 4) is 0 Å². The minimum atomic E-state index is 1.02. The number of hydrogen-bond acceptors (Lipinski definition) is 3. The van der Waals surface area contributed by atoms with E-state index in [1.807, 2.05) is 0 Å². The molecule has 0 bridgehead atoms. The standard InChI is InChI=1S/C15H25N3/c1-12-5-6-15(14(3)13(12)2)17(4)11-18-9-7-16-8-10-18/h5-6,16H,7-11H2,1-4H3. The molecule has 0 saturated carbocycles. The molecule has 3 nitrogen and oxygen atoms in total. The van der Waals surface area contributed by atoms with Gasteiger partial charge >= 0.3 is 0 Å². The highest BCUT2D eigenvalue weighted by Crippen LogP contribution is 2.24. The van der Waals surface area contributed by atoms with Crippen LogP contribution in [0.1, 0.15) is 16.7 Å². The molecule has 0 atom stereocenters. The van der Waals surface area contributed by atoms with E-state index in [1.54, 1.807) is 0 Å². The average molecular weight is 247 g/mol. The van der Waals surface area contributed by atoms with E-state index in [1.165, 1.54) is 22.4 Å². The number of benzene rings is 1. The van der Waals surface area contributed by atoms with Gasteiger partial charge in [-0.15, -0.1) is 0 Å². The molecule has 0 unspecified atom stereocenters. The van der Waals surface area contributed by atoms with Crippen LogP contribution in [0.25, 0.3) is 0 Å². The van der Waals surface area contributed by atoms with Gasteiger partial charge < -0.3 is 10.2 Å². The fraction of sp³-hybridized carbons (Fsp3) is 0.600. The third-order valence-electron chi connectivity index (χ3n) is 4.06. The largest absolute Gasteiger partial charge is 0.361 e. The Morgan fingerprint density at radius 3 is 2.44 bits per heavy atom. The monoisotopic (exact) mass is 247 g/mol. The van der Waals surface area contributed by atoms with Crippen molar-refractivity contribution in [2.75, 3.05) is 44.8 Å². The first-order valence-corrected chi connectivity index (χ1v) is 6.80. The smallest absolute Gasteiger partial charge is 0.0704 e. The number of hydrogen-bond donors (Lipinski definition) is 1. The van der Waals surface area contributed by atoms with Crippen LogP contribution >= 0.6 is 0 Å². The number of aryl methyl sites for hydroxylation is 1. The molecule has 0 spiro atoms. The fourth-order valence-electron chi connectivity index (χ4n) is 2.58. The van der Waals surface area contributed by atoms with Gasteiger partial charge in [0.05, 0.1) is 6.67 Å². The minimum absolute atomic E-state index is 1.02. The minimum Gasteiger partial charge on any atom is -0.361 e. The molecule has 0 aliphatic carbocycles. The lowest BCUT2D eigenvalue weighted by Crippen LogP contribution is -2.47. The highest BCUT2D eigenvalue weighted by atomic mass is 15.3. The molecule has 1 heterocycles. The summed E-state index contributed by atoms with van der Waals surface area (Å²) in [5.41, 5.74) is 5.57. The van der Waals surface area contributed by atoms with Gasteiger partial charge in [0.25, 0.3) is 0 Å². The molecule has 1 aromatic rings. The topological polar surface area (TPSA) is 18.5 Å². The highest BCUT2D eigenvalue weighted by Gasteiger charge is 2.14. The molecule has 3 heteroatoms.